The third-order valence-electron chi connectivity index (χ3n) is 1.23. The maximum absolute atomic E-state index is 10.1. The summed E-state index contributed by atoms with van der Waals surface area (Å²) in [4.78, 5) is 10.1. The second-order valence-corrected chi connectivity index (χ2v) is 2.03. The van der Waals surface area contributed by atoms with E-state index in [0.717, 1.165) is 4.57 Å². The number of nitrogens with zero attached hydrogens (tertiary/aromatic N) is 1. The molecule has 60 valence electrons. The minimum atomic E-state index is -1.12. The summed E-state index contributed by atoms with van der Waals surface area (Å²) >= 11 is 0. The lowest BCUT2D eigenvalue weighted by Gasteiger charge is -2.00. The first kappa shape index (κ1) is 7.46. The molecule has 3 N–H and O–H groups in total. The molecule has 0 aliphatic heterocycles. The number of aromatic nitrogens is 1. The molecule has 0 radical (unpaired) electrons. The Kier molecular flexibility index (Phi) is 1.72. The maximum atomic E-state index is 10.1. The average molecular weight is 157 g/mol. The fraction of sp³-hybridized carbons (Fsp3) is 0.167. The molecule has 0 fully saturated rings. The first-order chi connectivity index (χ1) is 5.11. The Morgan fingerprint density at radius 1 is 1.36 bits per heavy atom. The molecule has 0 aliphatic rings. The van der Waals surface area contributed by atoms with Gasteiger partial charge in [-0.2, -0.15) is 0 Å². The van der Waals surface area contributed by atoms with Gasteiger partial charge in [0.2, 0.25) is 0 Å². The van der Waals surface area contributed by atoms with Crippen molar-refractivity contribution in [1.29, 1.82) is 0 Å². The number of aliphatic carboxylic acids is 1. The van der Waals surface area contributed by atoms with E-state index in [0.29, 0.717) is 0 Å². The Bertz CT molecular complexity index is 259. The number of rotatable bonds is 2. The van der Waals surface area contributed by atoms with Crippen molar-refractivity contribution in [3.63, 3.8) is 0 Å². The first-order valence-corrected chi connectivity index (χ1v) is 2.90. The van der Waals surface area contributed by atoms with Gasteiger partial charge in [0, 0.05) is 12.1 Å². The SMILES string of the molecule is O=C(O)Cn1c(O)ccc1O. The third-order valence-corrected chi connectivity index (χ3v) is 1.23. The number of hydrogen-bond acceptors (Lipinski definition) is 3. The predicted molar refractivity (Wildman–Crippen MR) is 35.4 cm³/mol. The molecule has 5 nitrogen and oxygen atoms in total. The van der Waals surface area contributed by atoms with Crippen LogP contribution in [0.5, 0.6) is 11.8 Å². The van der Waals surface area contributed by atoms with Gasteiger partial charge >= 0.3 is 5.97 Å². The van der Waals surface area contributed by atoms with E-state index < -0.39 is 12.5 Å². The molecule has 1 aromatic heterocycles. The van der Waals surface area contributed by atoms with Crippen LogP contribution in [0.1, 0.15) is 0 Å². The fourth-order valence-corrected chi connectivity index (χ4v) is 0.744. The Morgan fingerprint density at radius 3 is 2.18 bits per heavy atom. The molecule has 0 saturated heterocycles. The van der Waals surface area contributed by atoms with Crippen LogP contribution in [0.25, 0.3) is 0 Å². The molecule has 0 spiro atoms. The predicted octanol–water partition coefficient (Wildman–Crippen LogP) is -0.0161. The Balaban J connectivity index is 2.92. The summed E-state index contributed by atoms with van der Waals surface area (Å²) in [5.41, 5.74) is 0. The summed E-state index contributed by atoms with van der Waals surface area (Å²) in [6, 6.07) is 2.44. The van der Waals surface area contributed by atoms with Crippen LogP contribution in [0.15, 0.2) is 12.1 Å². The lowest BCUT2D eigenvalue weighted by molar-refractivity contribution is -0.137. The molecule has 0 bridgehead atoms. The zero-order chi connectivity index (χ0) is 8.43. The monoisotopic (exact) mass is 157 g/mol. The van der Waals surface area contributed by atoms with Gasteiger partial charge in [0.25, 0.3) is 0 Å². The molecule has 0 unspecified atom stereocenters. The summed E-state index contributed by atoms with van der Waals surface area (Å²) in [6.07, 6.45) is 0. The van der Waals surface area contributed by atoms with Crippen LogP contribution in [0.4, 0.5) is 0 Å². The smallest absolute Gasteiger partial charge is 0.323 e. The highest BCUT2D eigenvalue weighted by atomic mass is 16.4. The quantitative estimate of drug-likeness (QED) is 0.563. The van der Waals surface area contributed by atoms with Crippen molar-refractivity contribution in [2.24, 2.45) is 0 Å². The molecule has 1 heterocycles. The van der Waals surface area contributed by atoms with Gasteiger partial charge in [-0.25, -0.2) is 0 Å². The van der Waals surface area contributed by atoms with Gasteiger partial charge < -0.3 is 15.3 Å². The van der Waals surface area contributed by atoms with Gasteiger partial charge in [0.15, 0.2) is 11.8 Å². The molecule has 0 aliphatic carbocycles. The molecular formula is C6H7NO4. The topological polar surface area (TPSA) is 82.7 Å². The van der Waals surface area contributed by atoms with Crippen molar-refractivity contribution < 1.29 is 20.1 Å². The molecule has 0 saturated carbocycles. The number of carboxylic acids is 1. The van der Waals surface area contributed by atoms with Crippen molar-refractivity contribution in [2.45, 2.75) is 6.54 Å². The molecule has 5 heteroatoms. The second-order valence-electron chi connectivity index (χ2n) is 2.03. The van der Waals surface area contributed by atoms with Crippen molar-refractivity contribution in [3.8, 4) is 11.8 Å². The van der Waals surface area contributed by atoms with Gasteiger partial charge in [-0.3, -0.25) is 9.36 Å². The van der Waals surface area contributed by atoms with E-state index in [1.807, 2.05) is 0 Å². The standard InChI is InChI=1S/C6H7NO4/c8-4-1-2-5(9)7(4)3-6(10)11/h1-2,8-9H,3H2,(H,10,11). The molecule has 1 aromatic rings. The molecule has 0 amide bonds. The summed E-state index contributed by atoms with van der Waals surface area (Å²) in [6.45, 7) is -0.440. The van der Waals surface area contributed by atoms with Crippen LogP contribution < -0.4 is 0 Å². The molecule has 1 rings (SSSR count). The number of aromatic hydroxyl groups is 2. The maximum Gasteiger partial charge on any atom is 0.323 e. The number of hydrogen-bond donors (Lipinski definition) is 3. The van der Waals surface area contributed by atoms with Gasteiger partial charge in [-0.05, 0) is 0 Å². The van der Waals surface area contributed by atoms with Crippen LogP contribution in [-0.4, -0.2) is 25.9 Å². The second kappa shape index (κ2) is 2.53. The van der Waals surface area contributed by atoms with Gasteiger partial charge in [0.05, 0.1) is 0 Å². The molecule has 0 aromatic carbocycles. The first-order valence-electron chi connectivity index (χ1n) is 2.90. The lowest BCUT2D eigenvalue weighted by atomic mass is 10.6. The summed E-state index contributed by atoms with van der Waals surface area (Å²) in [5.74, 6) is -1.64. The fourth-order valence-electron chi connectivity index (χ4n) is 0.744. The zero-order valence-corrected chi connectivity index (χ0v) is 5.56. The third kappa shape index (κ3) is 1.43. The minimum Gasteiger partial charge on any atom is -0.494 e. The molecule has 0 atom stereocenters. The van der Waals surface area contributed by atoms with E-state index in [-0.39, 0.29) is 11.8 Å². The number of carbonyl (C=O) groups is 1. The summed E-state index contributed by atoms with van der Waals surface area (Å²) in [7, 11) is 0. The Hall–Kier alpha value is -1.65. The highest BCUT2D eigenvalue weighted by Crippen LogP contribution is 2.19. The van der Waals surface area contributed by atoms with Crippen LogP contribution in [0, 0.1) is 0 Å². The largest absolute Gasteiger partial charge is 0.494 e. The summed E-state index contributed by atoms with van der Waals surface area (Å²) in [5, 5.41) is 26.1. The van der Waals surface area contributed by atoms with Gasteiger partial charge in [-0.1, -0.05) is 0 Å². The zero-order valence-electron chi connectivity index (χ0n) is 5.56. The average Bonchev–Trinajstić information content (AvgIpc) is 2.18. The Labute approximate surface area is 62.1 Å². The van der Waals surface area contributed by atoms with Crippen LogP contribution in [0.3, 0.4) is 0 Å². The van der Waals surface area contributed by atoms with Crippen molar-refractivity contribution in [1.82, 2.24) is 4.57 Å². The van der Waals surface area contributed by atoms with E-state index in [2.05, 4.69) is 0 Å². The highest BCUT2D eigenvalue weighted by Gasteiger charge is 2.08. The van der Waals surface area contributed by atoms with Crippen molar-refractivity contribution in [3.05, 3.63) is 12.1 Å². The summed E-state index contributed by atoms with van der Waals surface area (Å²) < 4.78 is 0.877. The molecular weight excluding hydrogens is 150 g/mol. The van der Waals surface area contributed by atoms with Crippen LogP contribution >= 0.6 is 0 Å². The van der Waals surface area contributed by atoms with Crippen LogP contribution in [0.2, 0.25) is 0 Å². The van der Waals surface area contributed by atoms with E-state index in [4.69, 9.17) is 15.3 Å². The van der Waals surface area contributed by atoms with E-state index >= 15 is 0 Å². The van der Waals surface area contributed by atoms with E-state index in [1.165, 1.54) is 12.1 Å². The highest BCUT2D eigenvalue weighted by molar-refractivity contribution is 5.67. The van der Waals surface area contributed by atoms with E-state index in [9.17, 15) is 4.79 Å². The molecule has 11 heavy (non-hydrogen) atoms. The number of carboxylic acid groups (broad SMARTS) is 1. The van der Waals surface area contributed by atoms with Gasteiger partial charge in [0.1, 0.15) is 6.54 Å². The normalized spacial score (nSPS) is 9.82. The minimum absolute atomic E-state index is 0.259. The Morgan fingerprint density at radius 2 is 1.82 bits per heavy atom. The van der Waals surface area contributed by atoms with Crippen molar-refractivity contribution >= 4 is 5.97 Å². The van der Waals surface area contributed by atoms with E-state index in [1.54, 1.807) is 0 Å². The lowest BCUT2D eigenvalue weighted by Crippen LogP contribution is -2.07. The van der Waals surface area contributed by atoms with Crippen molar-refractivity contribution in [2.75, 3.05) is 0 Å². The van der Waals surface area contributed by atoms with Crippen LogP contribution in [-0.2, 0) is 11.3 Å². The van der Waals surface area contributed by atoms with Gasteiger partial charge in [-0.15, -0.1) is 0 Å².